The lowest BCUT2D eigenvalue weighted by molar-refractivity contribution is -0.314. The zero-order valence-corrected chi connectivity index (χ0v) is 27.1. The fraction of sp³-hybridized carbons (Fsp3) is 0.771. The first-order valence-electron chi connectivity index (χ1n) is 16.6. The summed E-state index contributed by atoms with van der Waals surface area (Å²) >= 11 is 0. The van der Waals surface area contributed by atoms with Gasteiger partial charge in [-0.25, -0.2) is 0 Å². The molecule has 0 aromatic heterocycles. The first kappa shape index (κ1) is 33.5. The summed E-state index contributed by atoms with van der Waals surface area (Å²) in [5.74, 6) is -0.420. The fourth-order valence-electron chi connectivity index (χ4n) is 8.41. The molecular weight excluding hydrogens is 564 g/mol. The molecule has 0 amide bonds. The van der Waals surface area contributed by atoms with Crippen molar-refractivity contribution < 1.29 is 43.1 Å². The van der Waals surface area contributed by atoms with E-state index >= 15 is 0 Å². The molecule has 3 fully saturated rings. The first-order valence-corrected chi connectivity index (χ1v) is 16.6. The first-order chi connectivity index (χ1) is 21.2. The Morgan fingerprint density at radius 1 is 0.977 bits per heavy atom. The number of hydrogen-bond donors (Lipinski definition) is 1. The molecule has 2 heterocycles. The van der Waals surface area contributed by atoms with Crippen LogP contribution in [-0.2, 0) is 38.0 Å². The summed E-state index contributed by atoms with van der Waals surface area (Å²) in [4.78, 5) is 27.1. The number of methoxy groups -OCH3 is 3. The van der Waals surface area contributed by atoms with Crippen LogP contribution in [-0.4, -0.2) is 87.2 Å². The van der Waals surface area contributed by atoms with E-state index in [2.05, 4.69) is 18.2 Å². The molecule has 2 saturated heterocycles. The number of carbonyl (C=O) groups excluding carboxylic acids is 2. The Morgan fingerprint density at radius 2 is 1.73 bits per heavy atom. The average molecular weight is 617 g/mol. The van der Waals surface area contributed by atoms with E-state index < -0.39 is 24.4 Å². The molecule has 1 N–H and O–H groups in total. The molecule has 9 nitrogen and oxygen atoms in total. The van der Waals surface area contributed by atoms with Crippen LogP contribution in [0.5, 0.6) is 0 Å². The summed E-state index contributed by atoms with van der Waals surface area (Å²) in [6, 6.07) is 0. The minimum absolute atomic E-state index is 0.0245. The van der Waals surface area contributed by atoms with Gasteiger partial charge in [-0.2, -0.15) is 0 Å². The van der Waals surface area contributed by atoms with Crippen molar-refractivity contribution in [3.8, 4) is 0 Å². The molecule has 0 spiro atoms. The van der Waals surface area contributed by atoms with Crippen LogP contribution in [0.15, 0.2) is 36.0 Å². The molecule has 14 atom stereocenters. The van der Waals surface area contributed by atoms with Crippen LogP contribution >= 0.6 is 0 Å². The highest BCUT2D eigenvalue weighted by atomic mass is 16.7. The highest BCUT2D eigenvalue weighted by molar-refractivity contribution is 5.99. The number of ether oxygens (including phenoxy) is 6. The van der Waals surface area contributed by atoms with Gasteiger partial charge in [-0.05, 0) is 80.8 Å². The summed E-state index contributed by atoms with van der Waals surface area (Å²) in [6.45, 7) is 5.83. The minimum Gasteiger partial charge on any atom is -0.458 e. The number of esters is 1. The number of ketones is 1. The fourth-order valence-corrected chi connectivity index (χ4v) is 8.41. The van der Waals surface area contributed by atoms with E-state index in [9.17, 15) is 14.7 Å². The standard InChI is InChI=1S/C35H52O9/c1-7-8-10-22-11-9-12-29(36)19(2)31(38)28-17-26-24(27(28)18-30(37)43-22)14-13-21-15-23(16-25(21)26)44-35-34(41-6)33(40-5)32(39-4)20(3)42-35/h8,10,13-14,17,19-27,29,32-36H,7,9,11-12,15-16,18H2,1-6H3/b10-8+/t19-,20+,21?,22+,23-,24?,25?,26?,27?,29+,32+,33-,34-,35+/m1/s1. The number of allylic oxidation sites excluding steroid dienone is 5. The van der Waals surface area contributed by atoms with Gasteiger partial charge in [0.15, 0.2) is 12.1 Å². The summed E-state index contributed by atoms with van der Waals surface area (Å²) in [7, 11) is 4.93. The molecular formula is C35H52O9. The van der Waals surface area contributed by atoms with Gasteiger partial charge < -0.3 is 33.5 Å². The Labute approximate surface area is 262 Å². The Balaban J connectivity index is 1.34. The van der Waals surface area contributed by atoms with Crippen molar-refractivity contribution in [2.75, 3.05) is 21.3 Å². The number of fused-ring (bicyclic) bond motifs is 5. The molecule has 0 aromatic carbocycles. The van der Waals surface area contributed by atoms with E-state index in [0.29, 0.717) is 30.8 Å². The van der Waals surface area contributed by atoms with Crippen LogP contribution in [0.25, 0.3) is 0 Å². The second-order valence-corrected chi connectivity index (χ2v) is 13.4. The highest BCUT2D eigenvalue weighted by Gasteiger charge is 2.52. The maximum absolute atomic E-state index is 13.8. The van der Waals surface area contributed by atoms with Crippen molar-refractivity contribution in [1.29, 1.82) is 0 Å². The molecule has 5 rings (SSSR count). The second kappa shape index (κ2) is 14.7. The molecule has 0 radical (unpaired) electrons. The van der Waals surface area contributed by atoms with Crippen molar-refractivity contribution in [1.82, 2.24) is 0 Å². The Morgan fingerprint density at radius 3 is 2.43 bits per heavy atom. The van der Waals surface area contributed by atoms with Gasteiger partial charge in [-0.3, -0.25) is 9.59 Å². The highest BCUT2D eigenvalue weighted by Crippen LogP contribution is 2.54. The smallest absolute Gasteiger partial charge is 0.307 e. The third kappa shape index (κ3) is 6.79. The summed E-state index contributed by atoms with van der Waals surface area (Å²) < 4.78 is 36.0. The van der Waals surface area contributed by atoms with E-state index in [4.69, 9.17) is 28.4 Å². The zero-order chi connectivity index (χ0) is 31.5. The van der Waals surface area contributed by atoms with Crippen LogP contribution in [0.2, 0.25) is 0 Å². The SMILES string of the molecule is CC/C=C/[C@H]1CCC[C@H](O)[C@@H](C)C(=O)C2=CC3C(C=CC4C[C@@H](O[C@@H]5O[C@@H](C)[C@H](OC)[C@@H](OC)[C@H]5OC)CC43)C2CC(=O)O1. The third-order valence-electron chi connectivity index (χ3n) is 10.8. The summed E-state index contributed by atoms with van der Waals surface area (Å²) in [5, 5.41) is 11.0. The lowest BCUT2D eigenvalue weighted by Crippen LogP contribution is -2.59. The van der Waals surface area contributed by atoms with Crippen molar-refractivity contribution >= 4 is 11.8 Å². The predicted octanol–water partition coefficient (Wildman–Crippen LogP) is 4.56. The molecule has 1 saturated carbocycles. The normalized spacial score (nSPS) is 44.8. The van der Waals surface area contributed by atoms with E-state index in [-0.39, 0.29) is 72.4 Å². The largest absolute Gasteiger partial charge is 0.458 e. The van der Waals surface area contributed by atoms with Crippen LogP contribution < -0.4 is 0 Å². The number of rotatable bonds is 7. The van der Waals surface area contributed by atoms with Gasteiger partial charge >= 0.3 is 5.97 Å². The van der Waals surface area contributed by atoms with E-state index in [1.54, 1.807) is 21.3 Å². The topological polar surface area (TPSA) is 110 Å². The van der Waals surface area contributed by atoms with Gasteiger partial charge in [0.25, 0.3) is 0 Å². The Hall–Kier alpha value is -1.88. The Bertz CT molecular complexity index is 1100. The molecule has 3 aliphatic carbocycles. The van der Waals surface area contributed by atoms with E-state index in [1.165, 1.54) is 0 Å². The maximum atomic E-state index is 13.8. The molecule has 2 aliphatic heterocycles. The van der Waals surface area contributed by atoms with Gasteiger partial charge in [-0.15, -0.1) is 0 Å². The number of carbonyl (C=O) groups is 2. The number of hydrogen-bond acceptors (Lipinski definition) is 9. The van der Waals surface area contributed by atoms with Crippen LogP contribution in [0, 0.1) is 35.5 Å². The molecule has 0 aromatic rings. The molecule has 0 bridgehead atoms. The summed E-state index contributed by atoms with van der Waals surface area (Å²) in [6.07, 6.45) is 12.1. The van der Waals surface area contributed by atoms with Crippen molar-refractivity contribution in [3.63, 3.8) is 0 Å². The zero-order valence-electron chi connectivity index (χ0n) is 27.1. The monoisotopic (exact) mass is 616 g/mol. The summed E-state index contributed by atoms with van der Waals surface area (Å²) in [5.41, 5.74) is 0.678. The molecule has 44 heavy (non-hydrogen) atoms. The lowest BCUT2D eigenvalue weighted by Gasteiger charge is -2.44. The Kier molecular flexibility index (Phi) is 11.2. The number of aliphatic hydroxyl groups excluding tert-OH is 1. The van der Waals surface area contributed by atoms with Crippen LogP contribution in [0.3, 0.4) is 0 Å². The molecule has 5 unspecified atom stereocenters. The van der Waals surface area contributed by atoms with Gasteiger partial charge in [0, 0.05) is 33.2 Å². The van der Waals surface area contributed by atoms with Crippen LogP contribution in [0.4, 0.5) is 0 Å². The van der Waals surface area contributed by atoms with Crippen molar-refractivity contribution in [2.24, 2.45) is 35.5 Å². The lowest BCUT2D eigenvalue weighted by atomic mass is 9.70. The van der Waals surface area contributed by atoms with Crippen LogP contribution in [0.1, 0.15) is 65.7 Å². The third-order valence-corrected chi connectivity index (χ3v) is 10.8. The second-order valence-electron chi connectivity index (χ2n) is 13.4. The van der Waals surface area contributed by atoms with Gasteiger partial charge in [-0.1, -0.05) is 38.2 Å². The molecule has 5 aliphatic rings. The molecule has 9 heteroatoms. The minimum atomic E-state index is -0.731. The van der Waals surface area contributed by atoms with E-state index in [1.807, 2.05) is 32.9 Å². The maximum Gasteiger partial charge on any atom is 0.307 e. The number of aliphatic hydroxyl groups is 1. The van der Waals surface area contributed by atoms with Crippen molar-refractivity contribution in [3.05, 3.63) is 36.0 Å². The number of Topliss-reactive ketones (excluding diaryl/α,β-unsaturated/α-hetero) is 1. The van der Waals surface area contributed by atoms with E-state index in [0.717, 1.165) is 19.3 Å². The average Bonchev–Trinajstić information content (AvgIpc) is 3.58. The van der Waals surface area contributed by atoms with Crippen molar-refractivity contribution in [2.45, 2.75) is 115 Å². The number of cyclic esters (lactones) is 1. The van der Waals surface area contributed by atoms with Gasteiger partial charge in [0.2, 0.25) is 0 Å². The van der Waals surface area contributed by atoms with Gasteiger partial charge in [0.1, 0.15) is 24.4 Å². The molecule has 246 valence electrons. The quantitative estimate of drug-likeness (QED) is 0.325. The van der Waals surface area contributed by atoms with Gasteiger partial charge in [0.05, 0.1) is 24.7 Å². The predicted molar refractivity (Wildman–Crippen MR) is 163 cm³/mol.